The molecule has 21 heavy (non-hydrogen) atoms. The van der Waals surface area contributed by atoms with Gasteiger partial charge >= 0.3 is 0 Å². The maximum Gasteiger partial charge on any atom is 0.243 e. The van der Waals surface area contributed by atoms with E-state index >= 15 is 0 Å². The Hall–Kier alpha value is -0.690. The highest BCUT2D eigenvalue weighted by molar-refractivity contribution is 7.89. The maximum absolute atomic E-state index is 13.8. The molecule has 0 fully saturated rings. The van der Waals surface area contributed by atoms with Gasteiger partial charge in [0.05, 0.1) is 17.4 Å². The van der Waals surface area contributed by atoms with E-state index in [1.54, 1.807) is 6.92 Å². The molecule has 0 aliphatic carbocycles. The van der Waals surface area contributed by atoms with E-state index in [-0.39, 0.29) is 28.4 Å². The average molecular weight is 338 g/mol. The van der Waals surface area contributed by atoms with Gasteiger partial charge in [0.15, 0.2) is 0 Å². The molecule has 120 valence electrons. The number of ether oxygens (including phenoxy) is 1. The maximum atomic E-state index is 13.8. The second kappa shape index (κ2) is 8.08. The van der Waals surface area contributed by atoms with E-state index in [2.05, 4.69) is 0 Å². The smallest absolute Gasteiger partial charge is 0.243 e. The molecule has 0 radical (unpaired) electrons. The third-order valence-corrected chi connectivity index (χ3v) is 5.37. The topological polar surface area (TPSA) is 46.6 Å². The second-order valence-electron chi connectivity index (χ2n) is 4.54. The molecule has 0 N–H and O–H groups in total. The van der Waals surface area contributed by atoms with Crippen molar-refractivity contribution in [2.24, 2.45) is 0 Å². The van der Waals surface area contributed by atoms with Gasteiger partial charge in [0, 0.05) is 25.3 Å². The zero-order valence-corrected chi connectivity index (χ0v) is 14.1. The molecule has 0 saturated heterocycles. The molecule has 4 nitrogen and oxygen atoms in total. The van der Waals surface area contributed by atoms with E-state index in [4.69, 9.17) is 16.3 Å². The zero-order valence-electron chi connectivity index (χ0n) is 12.5. The number of likely N-dealkylation sites (N-methyl/N-ethyl adjacent to an activating group) is 1. The Bertz CT molecular complexity index is 578. The van der Waals surface area contributed by atoms with Crippen LogP contribution in [-0.2, 0) is 20.6 Å². The number of hydrogen-bond acceptors (Lipinski definition) is 3. The molecule has 0 saturated carbocycles. The number of nitrogens with zero attached hydrogens (tertiary/aromatic N) is 1. The molecule has 0 aliphatic rings. The van der Waals surface area contributed by atoms with E-state index in [0.717, 1.165) is 0 Å². The molecule has 1 rings (SSSR count). The molecule has 0 aromatic heterocycles. The molecule has 0 amide bonds. The van der Waals surface area contributed by atoms with Gasteiger partial charge in [-0.3, -0.25) is 0 Å². The van der Waals surface area contributed by atoms with Gasteiger partial charge in [-0.15, -0.1) is 11.6 Å². The summed E-state index contributed by atoms with van der Waals surface area (Å²) in [7, 11) is -3.68. The summed E-state index contributed by atoms with van der Waals surface area (Å²) in [5.74, 6) is -0.525. The van der Waals surface area contributed by atoms with Gasteiger partial charge in [-0.1, -0.05) is 6.92 Å². The van der Waals surface area contributed by atoms with Crippen molar-refractivity contribution in [3.63, 3.8) is 0 Å². The van der Waals surface area contributed by atoms with Crippen LogP contribution in [0.1, 0.15) is 25.0 Å². The van der Waals surface area contributed by atoms with Crippen LogP contribution in [0.25, 0.3) is 0 Å². The van der Waals surface area contributed by atoms with Crippen LogP contribution >= 0.6 is 11.6 Å². The number of halogens is 2. The highest BCUT2D eigenvalue weighted by Crippen LogP contribution is 2.23. The van der Waals surface area contributed by atoms with Crippen LogP contribution in [-0.4, -0.2) is 39.0 Å². The molecule has 0 atom stereocenters. The van der Waals surface area contributed by atoms with Crippen LogP contribution in [0.15, 0.2) is 17.0 Å². The lowest BCUT2D eigenvalue weighted by Crippen LogP contribution is -2.34. The van der Waals surface area contributed by atoms with Crippen LogP contribution < -0.4 is 0 Å². The highest BCUT2D eigenvalue weighted by atomic mass is 35.5. The first-order valence-electron chi connectivity index (χ1n) is 6.81. The van der Waals surface area contributed by atoms with Gasteiger partial charge in [0.2, 0.25) is 10.0 Å². The number of rotatable bonds is 8. The number of hydrogen-bond donors (Lipinski definition) is 0. The first-order valence-corrected chi connectivity index (χ1v) is 8.78. The van der Waals surface area contributed by atoms with E-state index in [1.807, 2.05) is 6.92 Å². The lowest BCUT2D eigenvalue weighted by molar-refractivity contribution is 0.135. The molecule has 1 aromatic carbocycles. The van der Waals surface area contributed by atoms with Crippen LogP contribution in [0, 0.1) is 12.7 Å². The van der Waals surface area contributed by atoms with E-state index in [0.29, 0.717) is 19.8 Å². The van der Waals surface area contributed by atoms with Crippen molar-refractivity contribution in [2.45, 2.75) is 31.5 Å². The average Bonchev–Trinajstić information content (AvgIpc) is 2.46. The van der Waals surface area contributed by atoms with Crippen molar-refractivity contribution in [3.8, 4) is 0 Å². The van der Waals surface area contributed by atoms with Gasteiger partial charge in [-0.25, -0.2) is 12.8 Å². The minimum absolute atomic E-state index is 0.0652. The molecule has 0 unspecified atom stereocenters. The standard InChI is InChI=1S/C14H21ClFNO3S/c1-4-17(6-7-20-5-2)21(18,19)13-8-11(3)14(16)12(9-13)10-15/h8-9H,4-7,10H2,1-3H3. The normalized spacial score (nSPS) is 12.1. The van der Waals surface area contributed by atoms with Crippen LogP contribution in [0.5, 0.6) is 0 Å². The fourth-order valence-corrected chi connectivity index (χ4v) is 3.73. The van der Waals surface area contributed by atoms with Gasteiger partial charge in [-0.2, -0.15) is 4.31 Å². The van der Waals surface area contributed by atoms with Gasteiger partial charge in [0.1, 0.15) is 5.82 Å². The van der Waals surface area contributed by atoms with Gasteiger partial charge in [0.25, 0.3) is 0 Å². The second-order valence-corrected chi connectivity index (χ2v) is 6.75. The monoisotopic (exact) mass is 337 g/mol. The predicted molar refractivity (Wildman–Crippen MR) is 81.6 cm³/mol. The predicted octanol–water partition coefficient (Wildman–Crippen LogP) is 2.92. The Labute approximate surface area is 130 Å². The third-order valence-electron chi connectivity index (χ3n) is 3.13. The van der Waals surface area contributed by atoms with E-state index in [1.165, 1.54) is 23.4 Å². The minimum Gasteiger partial charge on any atom is -0.380 e. The van der Waals surface area contributed by atoms with E-state index in [9.17, 15) is 12.8 Å². The molecule has 0 bridgehead atoms. The Morgan fingerprint density at radius 1 is 1.33 bits per heavy atom. The molecule has 0 heterocycles. The summed E-state index contributed by atoms with van der Waals surface area (Å²) in [5.41, 5.74) is 0.462. The van der Waals surface area contributed by atoms with Crippen molar-refractivity contribution in [3.05, 3.63) is 29.1 Å². The first kappa shape index (κ1) is 18.4. The third kappa shape index (κ3) is 4.39. The molecule has 0 spiro atoms. The highest BCUT2D eigenvalue weighted by Gasteiger charge is 2.24. The zero-order chi connectivity index (χ0) is 16.0. The van der Waals surface area contributed by atoms with Gasteiger partial charge < -0.3 is 4.74 Å². The molecular formula is C14H21ClFNO3S. The summed E-state index contributed by atoms with van der Waals surface area (Å²) in [4.78, 5) is 0.0652. The summed E-state index contributed by atoms with van der Waals surface area (Å²) < 4.78 is 45.5. The van der Waals surface area contributed by atoms with Crippen molar-refractivity contribution in [2.75, 3.05) is 26.3 Å². The van der Waals surface area contributed by atoms with Crippen molar-refractivity contribution < 1.29 is 17.5 Å². The number of aryl methyl sites for hydroxylation is 1. The summed E-state index contributed by atoms with van der Waals surface area (Å²) in [5, 5.41) is 0. The summed E-state index contributed by atoms with van der Waals surface area (Å²) in [6.07, 6.45) is 0. The quantitative estimate of drug-likeness (QED) is 0.541. The summed E-state index contributed by atoms with van der Waals surface area (Å²) >= 11 is 5.67. The Morgan fingerprint density at radius 3 is 2.52 bits per heavy atom. The fourth-order valence-electron chi connectivity index (χ4n) is 1.96. The van der Waals surface area contributed by atoms with Crippen LogP contribution in [0.2, 0.25) is 0 Å². The first-order chi connectivity index (χ1) is 9.88. The number of sulfonamides is 1. The fraction of sp³-hybridized carbons (Fsp3) is 0.571. The molecular weight excluding hydrogens is 317 g/mol. The van der Waals surface area contributed by atoms with Crippen molar-refractivity contribution in [1.82, 2.24) is 4.31 Å². The van der Waals surface area contributed by atoms with Crippen molar-refractivity contribution in [1.29, 1.82) is 0 Å². The summed E-state index contributed by atoms with van der Waals surface area (Å²) in [6.45, 7) is 6.57. The lowest BCUT2D eigenvalue weighted by Gasteiger charge is -2.21. The molecule has 1 aromatic rings. The molecule has 7 heteroatoms. The number of benzene rings is 1. The lowest BCUT2D eigenvalue weighted by atomic mass is 10.1. The summed E-state index contributed by atoms with van der Waals surface area (Å²) in [6, 6.07) is 2.64. The SMILES string of the molecule is CCOCCN(CC)S(=O)(=O)c1cc(C)c(F)c(CCl)c1. The Balaban J connectivity index is 3.13. The molecule has 0 aliphatic heterocycles. The van der Waals surface area contributed by atoms with Crippen LogP contribution in [0.3, 0.4) is 0 Å². The minimum atomic E-state index is -3.68. The van der Waals surface area contributed by atoms with E-state index < -0.39 is 15.8 Å². The largest absolute Gasteiger partial charge is 0.380 e. The van der Waals surface area contributed by atoms with Crippen LogP contribution in [0.4, 0.5) is 4.39 Å². The Morgan fingerprint density at radius 2 is 2.00 bits per heavy atom. The number of alkyl halides is 1. The Kier molecular flexibility index (Phi) is 7.06. The van der Waals surface area contributed by atoms with Gasteiger partial charge in [-0.05, 0) is 31.5 Å². The van der Waals surface area contributed by atoms with Crippen molar-refractivity contribution >= 4 is 21.6 Å².